The molecule has 162 valence electrons. The van der Waals surface area contributed by atoms with E-state index in [1.807, 2.05) is 53.1 Å². The SMILES string of the molecule is O=C(CC(c1ccc2c(c1)OCO2)c1cnc2ccc(Cl)cn12)NCCc1ccccn1. The van der Waals surface area contributed by atoms with Gasteiger partial charge in [0, 0.05) is 49.6 Å². The number of halogens is 1. The summed E-state index contributed by atoms with van der Waals surface area (Å²) < 4.78 is 12.9. The van der Waals surface area contributed by atoms with E-state index in [2.05, 4.69) is 15.3 Å². The molecule has 0 bridgehead atoms. The maximum Gasteiger partial charge on any atom is 0.231 e. The predicted octanol–water partition coefficient (Wildman–Crippen LogP) is 3.99. The molecule has 1 aromatic carbocycles. The molecule has 0 spiro atoms. The highest BCUT2D eigenvalue weighted by Gasteiger charge is 2.24. The first-order chi connectivity index (χ1) is 15.7. The zero-order valence-electron chi connectivity index (χ0n) is 17.2. The fraction of sp³-hybridized carbons (Fsp3) is 0.208. The summed E-state index contributed by atoms with van der Waals surface area (Å²) in [4.78, 5) is 21.7. The van der Waals surface area contributed by atoms with E-state index >= 15 is 0 Å². The van der Waals surface area contributed by atoms with E-state index in [1.54, 1.807) is 18.5 Å². The number of amides is 1. The van der Waals surface area contributed by atoms with Crippen molar-refractivity contribution in [3.05, 3.63) is 89.1 Å². The fourth-order valence-corrected chi connectivity index (χ4v) is 4.05. The van der Waals surface area contributed by atoms with Crippen LogP contribution in [0.2, 0.25) is 5.02 Å². The third-order valence-electron chi connectivity index (χ3n) is 5.47. The van der Waals surface area contributed by atoms with Gasteiger partial charge in [-0.2, -0.15) is 0 Å². The Morgan fingerprint density at radius 1 is 1.12 bits per heavy atom. The smallest absolute Gasteiger partial charge is 0.231 e. The van der Waals surface area contributed by atoms with Gasteiger partial charge in [0.15, 0.2) is 11.5 Å². The monoisotopic (exact) mass is 448 g/mol. The average Bonchev–Trinajstić information content (AvgIpc) is 3.44. The van der Waals surface area contributed by atoms with Crippen LogP contribution in [-0.2, 0) is 11.2 Å². The minimum absolute atomic E-state index is 0.0550. The number of pyridine rings is 2. The molecule has 1 aliphatic rings. The summed E-state index contributed by atoms with van der Waals surface area (Å²) in [7, 11) is 0. The number of fused-ring (bicyclic) bond motifs is 2. The zero-order chi connectivity index (χ0) is 21.9. The topological polar surface area (TPSA) is 77.8 Å². The average molecular weight is 449 g/mol. The van der Waals surface area contributed by atoms with Crippen LogP contribution in [0.15, 0.2) is 67.1 Å². The normalized spacial score (nSPS) is 13.3. The Morgan fingerprint density at radius 2 is 2.03 bits per heavy atom. The van der Waals surface area contributed by atoms with Gasteiger partial charge in [-0.15, -0.1) is 0 Å². The summed E-state index contributed by atoms with van der Waals surface area (Å²) in [5, 5.41) is 3.61. The summed E-state index contributed by atoms with van der Waals surface area (Å²) in [5.41, 5.74) is 3.53. The van der Waals surface area contributed by atoms with Gasteiger partial charge >= 0.3 is 0 Å². The van der Waals surface area contributed by atoms with E-state index in [9.17, 15) is 4.79 Å². The molecule has 0 saturated carbocycles. The lowest BCUT2D eigenvalue weighted by atomic mass is 9.92. The van der Waals surface area contributed by atoms with Gasteiger partial charge in [-0.05, 0) is 42.0 Å². The summed E-state index contributed by atoms with van der Waals surface area (Å²) >= 11 is 6.24. The van der Waals surface area contributed by atoms with Crippen molar-refractivity contribution in [2.75, 3.05) is 13.3 Å². The second-order valence-corrected chi connectivity index (χ2v) is 7.99. The lowest BCUT2D eigenvalue weighted by molar-refractivity contribution is -0.121. The molecule has 1 unspecified atom stereocenters. The van der Waals surface area contributed by atoms with Crippen molar-refractivity contribution in [1.29, 1.82) is 0 Å². The first-order valence-electron chi connectivity index (χ1n) is 10.4. The minimum atomic E-state index is -0.243. The molecule has 7 nitrogen and oxygen atoms in total. The van der Waals surface area contributed by atoms with Crippen molar-refractivity contribution in [3.63, 3.8) is 0 Å². The van der Waals surface area contributed by atoms with Crippen LogP contribution in [0.3, 0.4) is 0 Å². The second kappa shape index (κ2) is 8.88. The van der Waals surface area contributed by atoms with Crippen molar-refractivity contribution in [2.45, 2.75) is 18.8 Å². The number of ether oxygens (including phenoxy) is 2. The zero-order valence-corrected chi connectivity index (χ0v) is 18.0. The number of benzene rings is 1. The maximum absolute atomic E-state index is 12.9. The van der Waals surface area contributed by atoms with Crippen LogP contribution in [0.4, 0.5) is 0 Å². The molecule has 1 N–H and O–H groups in total. The molecule has 32 heavy (non-hydrogen) atoms. The van der Waals surface area contributed by atoms with Gasteiger partial charge in [0.2, 0.25) is 12.7 Å². The number of imidazole rings is 1. The van der Waals surface area contributed by atoms with Crippen molar-refractivity contribution in [2.24, 2.45) is 0 Å². The van der Waals surface area contributed by atoms with Crippen molar-refractivity contribution in [3.8, 4) is 11.5 Å². The molecular formula is C24H21ClN4O3. The van der Waals surface area contributed by atoms with Crippen LogP contribution >= 0.6 is 11.6 Å². The number of nitrogens with zero attached hydrogens (tertiary/aromatic N) is 3. The van der Waals surface area contributed by atoms with Gasteiger partial charge in [0.25, 0.3) is 0 Å². The second-order valence-electron chi connectivity index (χ2n) is 7.55. The number of carbonyl (C=O) groups excluding carboxylic acids is 1. The lowest BCUT2D eigenvalue weighted by Crippen LogP contribution is -2.27. The number of carbonyl (C=O) groups is 1. The van der Waals surface area contributed by atoms with Gasteiger partial charge < -0.3 is 19.2 Å². The molecule has 4 heterocycles. The van der Waals surface area contributed by atoms with Gasteiger partial charge in [-0.3, -0.25) is 9.78 Å². The fourth-order valence-electron chi connectivity index (χ4n) is 3.89. The summed E-state index contributed by atoms with van der Waals surface area (Å²) in [6.45, 7) is 0.714. The number of aromatic nitrogens is 3. The first-order valence-corrected chi connectivity index (χ1v) is 10.7. The lowest BCUT2D eigenvalue weighted by Gasteiger charge is -2.18. The Balaban J connectivity index is 1.40. The van der Waals surface area contributed by atoms with Crippen LogP contribution in [-0.4, -0.2) is 33.6 Å². The van der Waals surface area contributed by atoms with Gasteiger partial charge in [-0.1, -0.05) is 23.7 Å². The molecule has 1 aliphatic heterocycles. The summed E-state index contributed by atoms with van der Waals surface area (Å²) in [5.74, 6) is 1.08. The van der Waals surface area contributed by atoms with Gasteiger partial charge in [0.05, 0.1) is 10.7 Å². The van der Waals surface area contributed by atoms with E-state index in [1.165, 1.54) is 0 Å². The van der Waals surface area contributed by atoms with Crippen LogP contribution in [0, 0.1) is 0 Å². The van der Waals surface area contributed by atoms with Crippen LogP contribution in [0.5, 0.6) is 11.5 Å². The molecular weight excluding hydrogens is 428 g/mol. The van der Waals surface area contributed by atoms with Crippen molar-refractivity contribution >= 4 is 23.2 Å². The maximum atomic E-state index is 12.9. The molecule has 0 radical (unpaired) electrons. The van der Waals surface area contributed by atoms with E-state index in [0.29, 0.717) is 29.5 Å². The van der Waals surface area contributed by atoms with Crippen molar-refractivity contribution in [1.82, 2.24) is 19.7 Å². The van der Waals surface area contributed by atoms with E-state index in [4.69, 9.17) is 21.1 Å². The number of hydrogen-bond acceptors (Lipinski definition) is 5. The Morgan fingerprint density at radius 3 is 2.91 bits per heavy atom. The first kappa shape index (κ1) is 20.3. The Kier molecular flexibility index (Phi) is 5.64. The number of nitrogens with one attached hydrogen (secondary N) is 1. The molecule has 1 amide bonds. The van der Waals surface area contributed by atoms with Gasteiger partial charge in [0.1, 0.15) is 5.65 Å². The third-order valence-corrected chi connectivity index (χ3v) is 5.70. The molecule has 0 aliphatic carbocycles. The van der Waals surface area contributed by atoms with Crippen LogP contribution < -0.4 is 14.8 Å². The predicted molar refractivity (Wildman–Crippen MR) is 120 cm³/mol. The molecule has 3 aromatic heterocycles. The largest absolute Gasteiger partial charge is 0.454 e. The Bertz CT molecular complexity index is 1260. The molecule has 0 fully saturated rings. The van der Waals surface area contributed by atoms with E-state index in [0.717, 1.165) is 22.6 Å². The standard InChI is InChI=1S/C24H21ClN4O3/c25-17-5-7-23-28-13-20(29(23)14-17)19(16-4-6-21-22(11-16)32-15-31-21)12-24(30)27-10-8-18-3-1-2-9-26-18/h1-7,9,11,13-14,19H,8,10,12,15H2,(H,27,30). The molecule has 8 heteroatoms. The Hall–Kier alpha value is -3.58. The van der Waals surface area contributed by atoms with Crippen molar-refractivity contribution < 1.29 is 14.3 Å². The molecule has 1 atom stereocenters. The summed E-state index contributed by atoms with van der Waals surface area (Å²) in [6.07, 6.45) is 6.29. The molecule has 0 saturated heterocycles. The summed E-state index contributed by atoms with van der Waals surface area (Å²) in [6, 6.07) is 15.2. The molecule has 4 aromatic rings. The highest BCUT2D eigenvalue weighted by molar-refractivity contribution is 6.30. The van der Waals surface area contributed by atoms with Crippen LogP contribution in [0.25, 0.3) is 5.65 Å². The minimum Gasteiger partial charge on any atom is -0.454 e. The van der Waals surface area contributed by atoms with E-state index in [-0.39, 0.29) is 25.0 Å². The Labute approximate surface area is 190 Å². The van der Waals surface area contributed by atoms with Gasteiger partial charge in [-0.25, -0.2) is 4.98 Å². The quantitative estimate of drug-likeness (QED) is 0.462. The number of rotatable bonds is 7. The number of hydrogen-bond donors (Lipinski definition) is 1. The van der Waals surface area contributed by atoms with Crippen LogP contribution in [0.1, 0.15) is 29.3 Å². The van der Waals surface area contributed by atoms with E-state index < -0.39 is 0 Å². The third kappa shape index (κ3) is 4.24. The highest BCUT2D eigenvalue weighted by atomic mass is 35.5. The highest BCUT2D eigenvalue weighted by Crippen LogP contribution is 2.37. The molecule has 5 rings (SSSR count).